The Morgan fingerprint density at radius 2 is 2.11 bits per heavy atom. The summed E-state index contributed by atoms with van der Waals surface area (Å²) in [4.78, 5) is 0. The van der Waals surface area contributed by atoms with Crippen LogP contribution in [-0.2, 0) is 11.3 Å². The molecule has 1 aromatic carbocycles. The first-order chi connectivity index (χ1) is 8.93. The predicted octanol–water partition coefficient (Wildman–Crippen LogP) is 3.37. The van der Waals surface area contributed by atoms with Gasteiger partial charge in [0.1, 0.15) is 0 Å². The molecule has 0 spiro atoms. The van der Waals surface area contributed by atoms with Gasteiger partial charge in [0, 0.05) is 19.2 Å². The Kier molecular flexibility index (Phi) is 3.74. The number of hydrogen-bond acceptors (Lipinski definition) is 3. The van der Waals surface area contributed by atoms with Crippen LogP contribution in [0.4, 0.5) is 0 Å². The number of thiophene rings is 1. The van der Waals surface area contributed by atoms with Crippen molar-refractivity contribution in [2.75, 3.05) is 6.61 Å². The van der Waals surface area contributed by atoms with Crippen LogP contribution in [0.3, 0.4) is 0 Å². The average molecular weight is 259 g/mol. The Bertz CT molecular complexity index is 469. The Morgan fingerprint density at radius 3 is 2.89 bits per heavy atom. The highest BCUT2D eigenvalue weighted by Crippen LogP contribution is 2.29. The van der Waals surface area contributed by atoms with Crippen LogP contribution in [0.25, 0.3) is 0 Å². The Labute approximate surface area is 112 Å². The van der Waals surface area contributed by atoms with Crippen molar-refractivity contribution in [3.63, 3.8) is 0 Å². The molecule has 2 aromatic rings. The van der Waals surface area contributed by atoms with E-state index in [0.717, 1.165) is 19.6 Å². The summed E-state index contributed by atoms with van der Waals surface area (Å²) in [7, 11) is 0. The van der Waals surface area contributed by atoms with Gasteiger partial charge in [0.25, 0.3) is 0 Å². The van der Waals surface area contributed by atoms with Crippen molar-refractivity contribution in [3.05, 3.63) is 58.3 Å². The van der Waals surface area contributed by atoms with Gasteiger partial charge in [-0.2, -0.15) is 11.3 Å². The van der Waals surface area contributed by atoms with Crippen LogP contribution in [0.2, 0.25) is 0 Å². The highest BCUT2D eigenvalue weighted by molar-refractivity contribution is 7.07. The molecule has 0 radical (unpaired) electrons. The van der Waals surface area contributed by atoms with E-state index in [1.807, 2.05) is 6.07 Å². The second kappa shape index (κ2) is 5.65. The zero-order valence-corrected chi connectivity index (χ0v) is 11.0. The van der Waals surface area contributed by atoms with Gasteiger partial charge in [0.15, 0.2) is 0 Å². The number of rotatable bonds is 4. The third kappa shape index (κ3) is 2.64. The molecule has 1 N–H and O–H groups in total. The molecule has 2 nitrogen and oxygen atoms in total. The second-order valence-electron chi connectivity index (χ2n) is 4.61. The molecule has 1 saturated heterocycles. The molecule has 0 bridgehead atoms. The van der Waals surface area contributed by atoms with Gasteiger partial charge in [-0.15, -0.1) is 0 Å². The van der Waals surface area contributed by atoms with Crippen molar-refractivity contribution >= 4 is 11.3 Å². The summed E-state index contributed by atoms with van der Waals surface area (Å²) in [6, 6.07) is 13.1. The fourth-order valence-corrected chi connectivity index (χ4v) is 3.08. The quantitative estimate of drug-likeness (QED) is 0.909. The van der Waals surface area contributed by atoms with Gasteiger partial charge >= 0.3 is 0 Å². The standard InChI is InChI=1S/C15H17NOS/c1-2-4-13(5-3-1)15-14(6-8-17-15)16-10-12-7-9-18-11-12/h1-5,7,9,11,14-16H,6,8,10H2/t14-,15-/m0/s1. The fraction of sp³-hybridized carbons (Fsp3) is 0.333. The Morgan fingerprint density at radius 1 is 1.22 bits per heavy atom. The lowest BCUT2D eigenvalue weighted by atomic mass is 10.0. The number of nitrogens with one attached hydrogen (secondary N) is 1. The highest BCUT2D eigenvalue weighted by atomic mass is 32.1. The molecule has 0 unspecified atom stereocenters. The smallest absolute Gasteiger partial charge is 0.0978 e. The van der Waals surface area contributed by atoms with Gasteiger partial charge < -0.3 is 10.1 Å². The zero-order valence-electron chi connectivity index (χ0n) is 10.2. The molecule has 1 aliphatic rings. The monoisotopic (exact) mass is 259 g/mol. The lowest BCUT2D eigenvalue weighted by Crippen LogP contribution is -2.31. The third-order valence-corrected chi connectivity index (χ3v) is 4.10. The van der Waals surface area contributed by atoms with Crippen molar-refractivity contribution in [3.8, 4) is 0 Å². The molecule has 0 amide bonds. The zero-order chi connectivity index (χ0) is 12.2. The van der Waals surface area contributed by atoms with Crippen LogP contribution in [0, 0.1) is 0 Å². The first kappa shape index (κ1) is 11.9. The van der Waals surface area contributed by atoms with Gasteiger partial charge in [-0.1, -0.05) is 30.3 Å². The van der Waals surface area contributed by atoms with E-state index in [9.17, 15) is 0 Å². The molecule has 1 aliphatic heterocycles. The molecule has 0 saturated carbocycles. The van der Waals surface area contributed by atoms with Crippen molar-refractivity contribution in [1.29, 1.82) is 0 Å². The van der Waals surface area contributed by atoms with Crippen LogP contribution in [-0.4, -0.2) is 12.6 Å². The Hall–Kier alpha value is -1.16. The molecule has 3 heteroatoms. The van der Waals surface area contributed by atoms with Gasteiger partial charge in [-0.25, -0.2) is 0 Å². The average Bonchev–Trinajstić information content (AvgIpc) is 3.09. The molecule has 1 fully saturated rings. The molecule has 1 aromatic heterocycles. The lowest BCUT2D eigenvalue weighted by molar-refractivity contribution is 0.0985. The minimum atomic E-state index is 0.199. The minimum absolute atomic E-state index is 0.199. The van der Waals surface area contributed by atoms with E-state index in [1.54, 1.807) is 11.3 Å². The molecule has 0 aliphatic carbocycles. The first-order valence-electron chi connectivity index (χ1n) is 6.34. The number of hydrogen-bond donors (Lipinski definition) is 1. The largest absolute Gasteiger partial charge is 0.372 e. The molecule has 94 valence electrons. The summed E-state index contributed by atoms with van der Waals surface area (Å²) in [5.41, 5.74) is 2.64. The van der Waals surface area contributed by atoms with Crippen LogP contribution in [0.15, 0.2) is 47.2 Å². The lowest BCUT2D eigenvalue weighted by Gasteiger charge is -2.20. The van der Waals surface area contributed by atoms with Gasteiger partial charge in [0.2, 0.25) is 0 Å². The van der Waals surface area contributed by atoms with Crippen LogP contribution in [0.5, 0.6) is 0 Å². The highest BCUT2D eigenvalue weighted by Gasteiger charge is 2.28. The molecular weight excluding hydrogens is 242 g/mol. The number of benzene rings is 1. The van der Waals surface area contributed by atoms with E-state index < -0.39 is 0 Å². The third-order valence-electron chi connectivity index (χ3n) is 3.37. The first-order valence-corrected chi connectivity index (χ1v) is 7.29. The van der Waals surface area contributed by atoms with Crippen LogP contribution in [0.1, 0.15) is 23.7 Å². The molecule has 2 atom stereocenters. The van der Waals surface area contributed by atoms with Gasteiger partial charge in [-0.05, 0) is 34.4 Å². The van der Waals surface area contributed by atoms with E-state index in [-0.39, 0.29) is 6.10 Å². The van der Waals surface area contributed by atoms with Crippen molar-refractivity contribution in [2.45, 2.75) is 25.1 Å². The van der Waals surface area contributed by atoms with Crippen molar-refractivity contribution in [2.24, 2.45) is 0 Å². The minimum Gasteiger partial charge on any atom is -0.372 e. The van der Waals surface area contributed by atoms with Crippen molar-refractivity contribution in [1.82, 2.24) is 5.32 Å². The maximum atomic E-state index is 5.86. The van der Waals surface area contributed by atoms with Crippen molar-refractivity contribution < 1.29 is 4.74 Å². The summed E-state index contributed by atoms with van der Waals surface area (Å²) < 4.78 is 5.86. The van der Waals surface area contributed by atoms with E-state index in [1.165, 1.54) is 11.1 Å². The normalized spacial score (nSPS) is 23.3. The van der Waals surface area contributed by atoms with Gasteiger partial charge in [-0.3, -0.25) is 0 Å². The molecule has 2 heterocycles. The SMILES string of the molecule is c1ccc([C@@H]2OCC[C@@H]2NCc2ccsc2)cc1. The summed E-state index contributed by atoms with van der Waals surface area (Å²) in [6.07, 6.45) is 1.29. The molecule has 3 rings (SSSR count). The maximum Gasteiger partial charge on any atom is 0.0978 e. The second-order valence-corrected chi connectivity index (χ2v) is 5.39. The number of ether oxygens (including phenoxy) is 1. The van der Waals surface area contributed by atoms with E-state index in [2.05, 4.69) is 46.4 Å². The summed E-state index contributed by atoms with van der Waals surface area (Å²) in [5, 5.41) is 7.93. The summed E-state index contributed by atoms with van der Waals surface area (Å²) in [6.45, 7) is 1.78. The van der Waals surface area contributed by atoms with E-state index in [0.29, 0.717) is 6.04 Å². The van der Waals surface area contributed by atoms with Crippen LogP contribution < -0.4 is 5.32 Å². The predicted molar refractivity (Wildman–Crippen MR) is 74.7 cm³/mol. The van der Waals surface area contributed by atoms with Gasteiger partial charge in [0.05, 0.1) is 6.10 Å². The topological polar surface area (TPSA) is 21.3 Å². The fourth-order valence-electron chi connectivity index (χ4n) is 2.41. The van der Waals surface area contributed by atoms with Crippen LogP contribution >= 0.6 is 11.3 Å². The van der Waals surface area contributed by atoms with E-state index >= 15 is 0 Å². The summed E-state index contributed by atoms with van der Waals surface area (Å²) >= 11 is 1.75. The molecule has 18 heavy (non-hydrogen) atoms. The maximum absolute atomic E-state index is 5.86. The van der Waals surface area contributed by atoms with E-state index in [4.69, 9.17) is 4.74 Å². The Balaban J connectivity index is 1.65. The summed E-state index contributed by atoms with van der Waals surface area (Å²) in [5.74, 6) is 0. The molecular formula is C15H17NOS.